The first-order valence-corrected chi connectivity index (χ1v) is 11.1. The van der Waals surface area contributed by atoms with Crippen molar-refractivity contribution in [3.63, 3.8) is 0 Å². The molecular formula is C22H26F2N2O5S. The van der Waals surface area contributed by atoms with Crippen molar-refractivity contribution < 1.29 is 31.5 Å². The molecule has 1 N–H and O–H groups in total. The second kappa shape index (κ2) is 10.6. The van der Waals surface area contributed by atoms with Crippen molar-refractivity contribution in [2.24, 2.45) is 0 Å². The van der Waals surface area contributed by atoms with Crippen LogP contribution in [0.3, 0.4) is 0 Å². The summed E-state index contributed by atoms with van der Waals surface area (Å²) in [5, 5.41) is 2.69. The molecule has 0 atom stereocenters. The van der Waals surface area contributed by atoms with Gasteiger partial charge in [0.15, 0.2) is 11.5 Å². The number of carbonyl (C=O) groups is 1. The van der Waals surface area contributed by atoms with Crippen LogP contribution in [0.4, 0.5) is 14.5 Å². The molecule has 10 heteroatoms. The second-order valence-electron chi connectivity index (χ2n) is 7.04. The van der Waals surface area contributed by atoms with Crippen molar-refractivity contribution in [3.05, 3.63) is 53.1 Å². The molecule has 0 unspecified atom stereocenters. The molecule has 0 fully saturated rings. The first-order chi connectivity index (χ1) is 14.9. The van der Waals surface area contributed by atoms with E-state index in [0.29, 0.717) is 16.8 Å². The molecular weight excluding hydrogens is 442 g/mol. The van der Waals surface area contributed by atoms with E-state index >= 15 is 0 Å². The summed E-state index contributed by atoms with van der Waals surface area (Å²) in [6.45, 7) is 2.50. The van der Waals surface area contributed by atoms with Crippen molar-refractivity contribution in [3.8, 4) is 11.5 Å². The van der Waals surface area contributed by atoms with Crippen LogP contribution in [0.1, 0.15) is 23.6 Å². The minimum atomic E-state index is -3.67. The van der Waals surface area contributed by atoms with Gasteiger partial charge >= 0.3 is 6.61 Å². The molecule has 32 heavy (non-hydrogen) atoms. The van der Waals surface area contributed by atoms with E-state index in [2.05, 4.69) is 10.1 Å². The summed E-state index contributed by atoms with van der Waals surface area (Å²) >= 11 is 0. The number of nitrogens with one attached hydrogen (secondary N) is 1. The lowest BCUT2D eigenvalue weighted by Gasteiger charge is -2.16. The van der Waals surface area contributed by atoms with Crippen LogP contribution < -0.4 is 14.8 Å². The molecule has 0 saturated carbocycles. The number of sulfonamides is 1. The van der Waals surface area contributed by atoms with Gasteiger partial charge in [0.2, 0.25) is 15.9 Å². The molecule has 0 aliphatic rings. The summed E-state index contributed by atoms with van der Waals surface area (Å²) in [5.74, 6) is -0.463. The van der Waals surface area contributed by atoms with Gasteiger partial charge in [0.25, 0.3) is 0 Å². The topological polar surface area (TPSA) is 84.9 Å². The van der Waals surface area contributed by atoms with Gasteiger partial charge in [-0.3, -0.25) is 4.79 Å². The maximum atomic E-state index is 12.5. The van der Waals surface area contributed by atoms with E-state index in [9.17, 15) is 22.0 Å². The van der Waals surface area contributed by atoms with Crippen LogP contribution in [0, 0.1) is 13.8 Å². The average Bonchev–Trinajstić information content (AvgIpc) is 2.71. The van der Waals surface area contributed by atoms with Gasteiger partial charge in [-0.1, -0.05) is 6.07 Å². The number of carbonyl (C=O) groups excluding carboxylic acids is 1. The van der Waals surface area contributed by atoms with Crippen molar-refractivity contribution >= 4 is 27.7 Å². The lowest BCUT2D eigenvalue weighted by atomic mass is 10.1. The third-order valence-electron chi connectivity index (χ3n) is 4.59. The van der Waals surface area contributed by atoms with E-state index in [-0.39, 0.29) is 23.0 Å². The number of ether oxygens (including phenoxy) is 2. The highest BCUT2D eigenvalue weighted by atomic mass is 32.2. The fraction of sp³-hybridized carbons (Fsp3) is 0.318. The summed E-state index contributed by atoms with van der Waals surface area (Å²) in [4.78, 5) is 12.5. The molecule has 0 radical (unpaired) electrons. The zero-order chi connectivity index (χ0) is 24.1. The Bertz CT molecular complexity index is 1120. The van der Waals surface area contributed by atoms with Crippen LogP contribution in [-0.2, 0) is 14.8 Å². The van der Waals surface area contributed by atoms with E-state index in [4.69, 9.17) is 4.74 Å². The molecule has 0 aromatic heterocycles. The molecule has 0 aliphatic heterocycles. The highest BCUT2D eigenvalue weighted by molar-refractivity contribution is 7.89. The number of anilines is 1. The maximum absolute atomic E-state index is 12.5. The second-order valence-corrected chi connectivity index (χ2v) is 9.19. The maximum Gasteiger partial charge on any atom is 0.387 e. The van der Waals surface area contributed by atoms with Gasteiger partial charge in [0, 0.05) is 25.9 Å². The lowest BCUT2D eigenvalue weighted by molar-refractivity contribution is -0.111. The number of aryl methyl sites for hydroxylation is 1. The van der Waals surface area contributed by atoms with Crippen molar-refractivity contribution in [2.75, 3.05) is 26.0 Å². The van der Waals surface area contributed by atoms with Crippen LogP contribution in [-0.4, -0.2) is 45.9 Å². The Morgan fingerprint density at radius 1 is 1.16 bits per heavy atom. The van der Waals surface area contributed by atoms with Gasteiger partial charge in [0.05, 0.1) is 11.5 Å². The number of hydrogen-bond donors (Lipinski definition) is 1. The smallest absolute Gasteiger partial charge is 0.387 e. The van der Waals surface area contributed by atoms with Gasteiger partial charge in [-0.15, -0.1) is 0 Å². The Morgan fingerprint density at radius 2 is 1.84 bits per heavy atom. The number of amides is 1. The SMILES string of the molecule is CCOc1cc(/C=C/C(=O)Nc2cc(S(=O)(=O)N(C)C)cc(C)c2C)ccc1OC(F)F. The molecule has 0 spiro atoms. The highest BCUT2D eigenvalue weighted by Gasteiger charge is 2.20. The summed E-state index contributed by atoms with van der Waals surface area (Å²) in [6.07, 6.45) is 2.73. The fourth-order valence-electron chi connectivity index (χ4n) is 2.75. The summed E-state index contributed by atoms with van der Waals surface area (Å²) in [6, 6.07) is 7.27. The summed E-state index contributed by atoms with van der Waals surface area (Å²) in [5.41, 5.74) is 2.34. The summed E-state index contributed by atoms with van der Waals surface area (Å²) in [7, 11) is -0.807. The number of rotatable bonds is 9. The Kier molecular flexibility index (Phi) is 8.34. The molecule has 0 heterocycles. The fourth-order valence-corrected chi connectivity index (χ4v) is 3.77. The largest absolute Gasteiger partial charge is 0.490 e. The molecule has 1 amide bonds. The molecule has 174 valence electrons. The first-order valence-electron chi connectivity index (χ1n) is 9.70. The number of hydrogen-bond acceptors (Lipinski definition) is 5. The minimum absolute atomic E-state index is 0.0702. The molecule has 0 bridgehead atoms. The Hall–Kier alpha value is -2.98. The molecule has 2 rings (SSSR count). The van der Waals surface area contributed by atoms with Crippen molar-refractivity contribution in [2.45, 2.75) is 32.3 Å². The van der Waals surface area contributed by atoms with E-state index in [1.54, 1.807) is 26.8 Å². The average molecular weight is 469 g/mol. The number of alkyl halides is 2. The van der Waals surface area contributed by atoms with Gasteiger partial charge in [-0.25, -0.2) is 12.7 Å². The zero-order valence-electron chi connectivity index (χ0n) is 18.5. The van der Waals surface area contributed by atoms with Crippen LogP contribution >= 0.6 is 0 Å². The predicted octanol–water partition coefficient (Wildman–Crippen LogP) is 4.21. The van der Waals surface area contributed by atoms with E-state index < -0.39 is 22.5 Å². The molecule has 2 aromatic carbocycles. The molecule has 7 nitrogen and oxygen atoms in total. The Morgan fingerprint density at radius 3 is 2.44 bits per heavy atom. The molecule has 0 aliphatic carbocycles. The van der Waals surface area contributed by atoms with Crippen molar-refractivity contribution in [1.82, 2.24) is 4.31 Å². The first kappa shape index (κ1) is 25.3. The monoisotopic (exact) mass is 468 g/mol. The third-order valence-corrected chi connectivity index (χ3v) is 6.38. The van der Waals surface area contributed by atoms with E-state index in [1.807, 2.05) is 0 Å². The zero-order valence-corrected chi connectivity index (χ0v) is 19.3. The Labute approximate surface area is 186 Å². The summed E-state index contributed by atoms with van der Waals surface area (Å²) < 4.78 is 60.8. The Balaban J connectivity index is 2.26. The third kappa shape index (κ3) is 6.27. The van der Waals surface area contributed by atoms with Gasteiger partial charge in [-0.05, 0) is 67.8 Å². The quantitative estimate of drug-likeness (QED) is 0.558. The lowest BCUT2D eigenvalue weighted by Crippen LogP contribution is -2.22. The highest BCUT2D eigenvalue weighted by Crippen LogP contribution is 2.30. The predicted molar refractivity (Wildman–Crippen MR) is 119 cm³/mol. The normalized spacial score (nSPS) is 11.9. The van der Waals surface area contributed by atoms with Crippen LogP contribution in [0.25, 0.3) is 6.08 Å². The van der Waals surface area contributed by atoms with E-state index in [0.717, 1.165) is 9.87 Å². The molecule has 0 saturated heterocycles. The van der Waals surface area contributed by atoms with E-state index in [1.165, 1.54) is 50.5 Å². The minimum Gasteiger partial charge on any atom is -0.490 e. The molecule has 2 aromatic rings. The van der Waals surface area contributed by atoms with Crippen LogP contribution in [0.15, 0.2) is 41.3 Å². The number of benzene rings is 2. The van der Waals surface area contributed by atoms with Crippen molar-refractivity contribution in [1.29, 1.82) is 0 Å². The van der Waals surface area contributed by atoms with Gasteiger partial charge in [-0.2, -0.15) is 8.78 Å². The van der Waals surface area contributed by atoms with Crippen LogP contribution in [0.2, 0.25) is 0 Å². The number of nitrogens with zero attached hydrogens (tertiary/aromatic N) is 1. The van der Waals surface area contributed by atoms with Gasteiger partial charge in [0.1, 0.15) is 0 Å². The number of halogens is 2. The standard InChI is InChI=1S/C22H26F2N2O5S/c1-6-30-20-12-16(7-9-19(20)31-22(23)24)8-10-21(27)25-18-13-17(11-14(2)15(18)3)32(28,29)26(4)5/h7-13,22H,6H2,1-5H3,(H,25,27)/b10-8+. The van der Waals surface area contributed by atoms with Gasteiger partial charge < -0.3 is 14.8 Å². The van der Waals surface area contributed by atoms with Crippen LogP contribution in [0.5, 0.6) is 11.5 Å².